The fourth-order valence-corrected chi connectivity index (χ4v) is 1.76. The summed E-state index contributed by atoms with van der Waals surface area (Å²) in [7, 11) is 0. The lowest BCUT2D eigenvalue weighted by Gasteiger charge is -2.03. The minimum atomic E-state index is 0.328. The summed E-state index contributed by atoms with van der Waals surface area (Å²) in [5, 5.41) is 13.6. The van der Waals surface area contributed by atoms with Gasteiger partial charge in [-0.25, -0.2) is 4.68 Å². The Morgan fingerprint density at radius 2 is 2.25 bits per heavy atom. The molecule has 0 fully saturated rings. The smallest absolute Gasteiger partial charge is 0.0793 e. The molecule has 2 rings (SSSR count). The van der Waals surface area contributed by atoms with Crippen LogP contribution < -0.4 is 0 Å². The second kappa shape index (κ2) is 4.38. The number of nitriles is 1. The lowest BCUT2D eigenvalue weighted by molar-refractivity contribution is 0.826. The highest BCUT2D eigenvalue weighted by Gasteiger charge is 2.05. The molecule has 0 aliphatic rings. The molecular weight excluding hydrogens is 222 g/mol. The Hall–Kier alpha value is -1.79. The maximum Gasteiger partial charge on any atom is 0.0793 e. The minimum absolute atomic E-state index is 0.328. The van der Waals surface area contributed by atoms with Gasteiger partial charge in [0.15, 0.2) is 0 Å². The highest BCUT2D eigenvalue weighted by atomic mass is 35.5. The van der Waals surface area contributed by atoms with Crippen LogP contribution in [0.25, 0.3) is 5.69 Å². The maximum absolute atomic E-state index is 8.61. The fourth-order valence-electron chi connectivity index (χ4n) is 1.58. The monoisotopic (exact) mass is 231 g/mol. The molecule has 0 unspecified atom stereocenters. The highest BCUT2D eigenvalue weighted by molar-refractivity contribution is 6.30. The van der Waals surface area contributed by atoms with Crippen LogP contribution in [0.15, 0.2) is 30.3 Å². The molecule has 0 saturated carbocycles. The average molecular weight is 232 g/mol. The molecular formula is C12H10ClN3. The zero-order chi connectivity index (χ0) is 11.5. The number of aryl methyl sites for hydroxylation is 1. The van der Waals surface area contributed by atoms with Crippen molar-refractivity contribution < 1.29 is 0 Å². The molecule has 0 spiro atoms. The summed E-state index contributed by atoms with van der Waals surface area (Å²) >= 11 is 5.92. The van der Waals surface area contributed by atoms with Crippen LogP contribution in [0.1, 0.15) is 11.4 Å². The van der Waals surface area contributed by atoms with Crippen molar-refractivity contribution in [2.24, 2.45) is 0 Å². The maximum atomic E-state index is 8.61. The van der Waals surface area contributed by atoms with E-state index in [4.69, 9.17) is 16.9 Å². The quantitative estimate of drug-likeness (QED) is 0.798. The minimum Gasteiger partial charge on any atom is -0.238 e. The molecule has 0 aliphatic heterocycles. The van der Waals surface area contributed by atoms with Gasteiger partial charge in [-0.2, -0.15) is 10.4 Å². The number of benzene rings is 1. The van der Waals surface area contributed by atoms with Gasteiger partial charge in [0, 0.05) is 10.7 Å². The van der Waals surface area contributed by atoms with E-state index >= 15 is 0 Å². The van der Waals surface area contributed by atoms with Crippen molar-refractivity contribution in [1.82, 2.24) is 9.78 Å². The number of rotatable bonds is 2. The Kier molecular flexibility index (Phi) is 2.93. The predicted molar refractivity (Wildman–Crippen MR) is 62.6 cm³/mol. The molecule has 80 valence electrons. The largest absolute Gasteiger partial charge is 0.238 e. The van der Waals surface area contributed by atoms with E-state index in [1.54, 1.807) is 4.68 Å². The number of hydrogen-bond acceptors (Lipinski definition) is 2. The van der Waals surface area contributed by atoms with Gasteiger partial charge in [-0.05, 0) is 31.2 Å². The highest BCUT2D eigenvalue weighted by Crippen LogP contribution is 2.16. The summed E-state index contributed by atoms with van der Waals surface area (Å²) in [6, 6.07) is 11.5. The van der Waals surface area contributed by atoms with E-state index in [1.807, 2.05) is 37.3 Å². The van der Waals surface area contributed by atoms with Crippen LogP contribution in [0.3, 0.4) is 0 Å². The van der Waals surface area contributed by atoms with Crippen molar-refractivity contribution in [3.05, 3.63) is 46.7 Å². The van der Waals surface area contributed by atoms with Crippen molar-refractivity contribution >= 4 is 11.6 Å². The number of halogens is 1. The third-order valence-electron chi connectivity index (χ3n) is 2.25. The Bertz CT molecular complexity index is 552. The number of aromatic nitrogens is 2. The van der Waals surface area contributed by atoms with E-state index in [2.05, 4.69) is 11.2 Å². The van der Waals surface area contributed by atoms with Crippen molar-refractivity contribution in [3.8, 4) is 11.8 Å². The second-order valence-electron chi connectivity index (χ2n) is 3.50. The van der Waals surface area contributed by atoms with Crippen molar-refractivity contribution in [3.63, 3.8) is 0 Å². The molecule has 16 heavy (non-hydrogen) atoms. The Morgan fingerprint density at radius 1 is 1.44 bits per heavy atom. The Labute approximate surface area is 98.9 Å². The van der Waals surface area contributed by atoms with Gasteiger partial charge >= 0.3 is 0 Å². The van der Waals surface area contributed by atoms with Crippen molar-refractivity contribution in [1.29, 1.82) is 5.26 Å². The van der Waals surface area contributed by atoms with Crippen LogP contribution in [-0.2, 0) is 6.42 Å². The normalized spacial score (nSPS) is 10.1. The first-order valence-corrected chi connectivity index (χ1v) is 5.27. The lowest BCUT2D eigenvalue weighted by atomic mass is 10.3. The van der Waals surface area contributed by atoms with Gasteiger partial charge in [0.1, 0.15) is 0 Å². The SMILES string of the molecule is Cc1cc(CC#N)nn1-c1cccc(Cl)c1. The van der Waals surface area contributed by atoms with Crippen LogP contribution in [0.5, 0.6) is 0 Å². The summed E-state index contributed by atoms with van der Waals surface area (Å²) in [5.41, 5.74) is 2.68. The van der Waals surface area contributed by atoms with Crippen LogP contribution >= 0.6 is 11.6 Å². The predicted octanol–water partition coefficient (Wildman–Crippen LogP) is 2.90. The molecule has 3 nitrogen and oxygen atoms in total. The van der Waals surface area contributed by atoms with E-state index in [0.717, 1.165) is 17.1 Å². The average Bonchev–Trinajstić information content (AvgIpc) is 2.60. The Morgan fingerprint density at radius 3 is 2.94 bits per heavy atom. The first-order chi connectivity index (χ1) is 7.70. The number of hydrogen-bond donors (Lipinski definition) is 0. The third-order valence-corrected chi connectivity index (χ3v) is 2.49. The molecule has 0 radical (unpaired) electrons. The molecule has 0 bridgehead atoms. The second-order valence-corrected chi connectivity index (χ2v) is 3.94. The molecule has 0 saturated heterocycles. The van der Waals surface area contributed by atoms with Gasteiger partial charge in [0.25, 0.3) is 0 Å². The molecule has 0 aliphatic carbocycles. The summed E-state index contributed by atoms with van der Waals surface area (Å²) in [4.78, 5) is 0. The lowest BCUT2D eigenvalue weighted by Crippen LogP contribution is -1.99. The van der Waals surface area contributed by atoms with E-state index in [-0.39, 0.29) is 0 Å². The fraction of sp³-hybridized carbons (Fsp3) is 0.167. The summed E-state index contributed by atoms with van der Waals surface area (Å²) in [6.07, 6.45) is 0.328. The standard InChI is InChI=1S/C12H10ClN3/c1-9-7-11(5-6-14)15-16(9)12-4-2-3-10(13)8-12/h2-4,7-8H,5H2,1H3. The Balaban J connectivity index is 2.44. The van der Waals surface area contributed by atoms with Gasteiger partial charge in [0.05, 0.1) is 23.9 Å². The van der Waals surface area contributed by atoms with Crippen molar-refractivity contribution in [2.45, 2.75) is 13.3 Å². The first kappa shape index (κ1) is 10.7. The molecule has 1 heterocycles. The number of nitrogens with zero attached hydrogens (tertiary/aromatic N) is 3. The summed E-state index contributed by atoms with van der Waals surface area (Å²) in [5.74, 6) is 0. The molecule has 0 atom stereocenters. The van der Waals surface area contributed by atoms with Gasteiger partial charge in [-0.3, -0.25) is 0 Å². The van der Waals surface area contributed by atoms with Crippen molar-refractivity contribution in [2.75, 3.05) is 0 Å². The molecule has 0 amide bonds. The molecule has 1 aromatic carbocycles. The van der Waals surface area contributed by atoms with E-state index in [0.29, 0.717) is 11.4 Å². The van der Waals surface area contributed by atoms with Crippen LogP contribution in [0.2, 0.25) is 5.02 Å². The molecule has 2 aromatic rings. The van der Waals surface area contributed by atoms with E-state index in [1.165, 1.54) is 0 Å². The molecule has 0 N–H and O–H groups in total. The zero-order valence-corrected chi connectivity index (χ0v) is 9.57. The third kappa shape index (κ3) is 2.07. The first-order valence-electron chi connectivity index (χ1n) is 4.89. The molecule has 1 aromatic heterocycles. The zero-order valence-electron chi connectivity index (χ0n) is 8.81. The van der Waals surface area contributed by atoms with E-state index in [9.17, 15) is 0 Å². The summed E-state index contributed by atoms with van der Waals surface area (Å²) < 4.78 is 1.79. The van der Waals surface area contributed by atoms with Crippen LogP contribution in [-0.4, -0.2) is 9.78 Å². The van der Waals surface area contributed by atoms with Gasteiger partial charge in [-0.1, -0.05) is 17.7 Å². The van der Waals surface area contributed by atoms with Crippen LogP contribution in [0.4, 0.5) is 0 Å². The van der Waals surface area contributed by atoms with E-state index < -0.39 is 0 Å². The molecule has 4 heteroatoms. The van der Waals surface area contributed by atoms with Gasteiger partial charge < -0.3 is 0 Å². The van der Waals surface area contributed by atoms with Gasteiger partial charge in [0.2, 0.25) is 0 Å². The summed E-state index contributed by atoms with van der Waals surface area (Å²) in [6.45, 7) is 1.95. The van der Waals surface area contributed by atoms with Crippen LogP contribution in [0, 0.1) is 18.3 Å². The van der Waals surface area contributed by atoms with Gasteiger partial charge in [-0.15, -0.1) is 0 Å². The topological polar surface area (TPSA) is 41.6 Å².